The summed E-state index contributed by atoms with van der Waals surface area (Å²) >= 11 is 0. The van der Waals surface area contributed by atoms with Crippen LogP contribution in [0.4, 0.5) is 5.69 Å². The molecule has 5 rings (SSSR count). The average molecular weight is 586 g/mol. The van der Waals surface area contributed by atoms with Gasteiger partial charge in [-0.25, -0.2) is 0 Å². The fourth-order valence-electron chi connectivity index (χ4n) is 7.46. The summed E-state index contributed by atoms with van der Waals surface area (Å²) in [5.41, 5.74) is 2.48. The Labute approximate surface area is 254 Å². The third kappa shape index (κ3) is 5.21. The molecule has 0 saturated carbocycles. The third-order valence-corrected chi connectivity index (χ3v) is 9.44. The van der Waals surface area contributed by atoms with E-state index in [2.05, 4.69) is 13.2 Å². The van der Waals surface area contributed by atoms with E-state index >= 15 is 0 Å². The predicted octanol–water partition coefficient (Wildman–Crippen LogP) is 4.18. The van der Waals surface area contributed by atoms with Gasteiger partial charge in [0.25, 0.3) is 5.91 Å². The minimum atomic E-state index is -1.16. The Morgan fingerprint density at radius 3 is 2.49 bits per heavy atom. The molecular weight excluding hydrogens is 542 g/mol. The Morgan fingerprint density at radius 2 is 1.84 bits per heavy atom. The standard InChI is InChI=1S/C35H43N3O5/c1-6-18-36(21-25-12-10-9-11-13-25)32(40)29-28-16-17-35(43-28)30(29)33(41)38(26(8-3)22-39)31(35)34(42)37(19-7-2)27-20-23(4)14-15-24(27)5/h6-7,9-15,20,26,28-31,39H,1-2,8,16-19,21-22H2,3-5H3/t26-,28-,29+,30-,31?,35?/m0/s1. The number of carbonyl (C=O) groups is 3. The number of amides is 3. The van der Waals surface area contributed by atoms with Crippen molar-refractivity contribution in [2.24, 2.45) is 11.8 Å². The zero-order valence-corrected chi connectivity index (χ0v) is 25.4. The van der Waals surface area contributed by atoms with Gasteiger partial charge in [0, 0.05) is 25.3 Å². The zero-order chi connectivity index (χ0) is 30.9. The van der Waals surface area contributed by atoms with Crippen LogP contribution in [0, 0.1) is 25.7 Å². The van der Waals surface area contributed by atoms with Gasteiger partial charge in [-0.05, 0) is 55.9 Å². The smallest absolute Gasteiger partial charge is 0.253 e. The highest BCUT2D eigenvalue weighted by Crippen LogP contribution is 2.59. The molecule has 3 heterocycles. The summed E-state index contributed by atoms with van der Waals surface area (Å²) in [5.74, 6) is -2.29. The Morgan fingerprint density at radius 1 is 1.12 bits per heavy atom. The number of aliphatic hydroxyl groups is 1. The molecule has 2 aromatic carbocycles. The van der Waals surface area contributed by atoms with E-state index in [0.717, 1.165) is 22.4 Å². The highest BCUT2D eigenvalue weighted by atomic mass is 16.5. The van der Waals surface area contributed by atoms with Crippen LogP contribution in [0.1, 0.15) is 42.9 Å². The van der Waals surface area contributed by atoms with Gasteiger partial charge in [0.05, 0.1) is 30.6 Å². The molecule has 3 fully saturated rings. The molecule has 3 amide bonds. The molecule has 2 unspecified atom stereocenters. The Bertz CT molecular complexity index is 1390. The molecule has 3 saturated heterocycles. The molecule has 0 aromatic heterocycles. The number of hydrogen-bond donors (Lipinski definition) is 1. The van der Waals surface area contributed by atoms with E-state index in [-0.39, 0.29) is 30.9 Å². The lowest BCUT2D eigenvalue weighted by molar-refractivity contribution is -0.147. The molecule has 6 atom stereocenters. The number of fused-ring (bicyclic) bond motifs is 1. The molecule has 3 aliphatic heterocycles. The van der Waals surface area contributed by atoms with E-state index < -0.39 is 35.6 Å². The first-order chi connectivity index (χ1) is 20.7. The number of ether oxygens (including phenoxy) is 1. The van der Waals surface area contributed by atoms with Crippen molar-refractivity contribution in [3.05, 3.63) is 90.5 Å². The summed E-state index contributed by atoms with van der Waals surface area (Å²) in [5, 5.41) is 10.4. The molecule has 2 aromatic rings. The van der Waals surface area contributed by atoms with Gasteiger partial charge in [0.2, 0.25) is 11.8 Å². The monoisotopic (exact) mass is 585 g/mol. The molecule has 2 bridgehead atoms. The van der Waals surface area contributed by atoms with Crippen molar-refractivity contribution in [2.45, 2.75) is 70.4 Å². The van der Waals surface area contributed by atoms with E-state index in [1.165, 1.54) is 0 Å². The molecule has 0 radical (unpaired) electrons. The maximum absolute atomic E-state index is 14.8. The highest BCUT2D eigenvalue weighted by molar-refractivity contribution is 6.05. The zero-order valence-electron chi connectivity index (χ0n) is 25.4. The van der Waals surface area contributed by atoms with Crippen LogP contribution in [0.15, 0.2) is 73.8 Å². The second-order valence-corrected chi connectivity index (χ2v) is 12.1. The van der Waals surface area contributed by atoms with Gasteiger partial charge in [-0.2, -0.15) is 0 Å². The lowest BCUT2D eigenvalue weighted by Gasteiger charge is -2.39. The quantitative estimate of drug-likeness (QED) is 0.378. The van der Waals surface area contributed by atoms with Crippen LogP contribution in [0.2, 0.25) is 0 Å². The summed E-state index contributed by atoms with van der Waals surface area (Å²) in [4.78, 5) is 48.5. The summed E-state index contributed by atoms with van der Waals surface area (Å²) in [6.07, 6.45) is 4.42. The van der Waals surface area contributed by atoms with E-state index in [1.54, 1.807) is 26.9 Å². The molecule has 8 heteroatoms. The van der Waals surface area contributed by atoms with Crippen molar-refractivity contribution < 1.29 is 24.2 Å². The van der Waals surface area contributed by atoms with Gasteiger partial charge in [0.1, 0.15) is 11.6 Å². The normalized spacial score (nSPS) is 26.2. The van der Waals surface area contributed by atoms with Crippen molar-refractivity contribution in [1.29, 1.82) is 0 Å². The second kappa shape index (κ2) is 12.5. The summed E-state index contributed by atoms with van der Waals surface area (Å²) in [7, 11) is 0. The number of hydrogen-bond acceptors (Lipinski definition) is 5. The first kappa shape index (κ1) is 30.7. The maximum Gasteiger partial charge on any atom is 0.253 e. The maximum atomic E-state index is 14.8. The predicted molar refractivity (Wildman–Crippen MR) is 166 cm³/mol. The van der Waals surface area contributed by atoms with Gasteiger partial charge < -0.3 is 24.5 Å². The van der Waals surface area contributed by atoms with Crippen LogP contribution < -0.4 is 4.90 Å². The fraction of sp³-hybridized carbons (Fsp3) is 0.457. The number of anilines is 1. The van der Waals surface area contributed by atoms with Gasteiger partial charge in [-0.15, -0.1) is 13.2 Å². The van der Waals surface area contributed by atoms with Crippen molar-refractivity contribution in [3.63, 3.8) is 0 Å². The summed E-state index contributed by atoms with van der Waals surface area (Å²) < 4.78 is 6.70. The van der Waals surface area contributed by atoms with Crippen LogP contribution in [0.3, 0.4) is 0 Å². The fourth-order valence-corrected chi connectivity index (χ4v) is 7.46. The topological polar surface area (TPSA) is 90.4 Å². The van der Waals surface area contributed by atoms with Crippen LogP contribution in [0.25, 0.3) is 0 Å². The number of carbonyl (C=O) groups excluding carboxylic acids is 3. The van der Waals surface area contributed by atoms with Crippen molar-refractivity contribution in [2.75, 3.05) is 24.6 Å². The second-order valence-electron chi connectivity index (χ2n) is 12.1. The minimum absolute atomic E-state index is 0.170. The van der Waals surface area contributed by atoms with Gasteiger partial charge in [-0.1, -0.05) is 61.5 Å². The summed E-state index contributed by atoms with van der Waals surface area (Å²) in [6.45, 7) is 14.2. The molecule has 3 aliphatic rings. The number of nitrogens with zero attached hydrogens (tertiary/aromatic N) is 3. The van der Waals surface area contributed by atoms with Gasteiger partial charge in [0.15, 0.2) is 0 Å². The van der Waals surface area contributed by atoms with Crippen LogP contribution in [-0.2, 0) is 25.7 Å². The minimum Gasteiger partial charge on any atom is -0.394 e. The van der Waals surface area contributed by atoms with Crippen molar-refractivity contribution in [3.8, 4) is 0 Å². The van der Waals surface area contributed by atoms with Crippen LogP contribution in [-0.4, -0.2) is 76.1 Å². The molecule has 228 valence electrons. The molecular formula is C35H43N3O5. The molecule has 1 spiro atoms. The lowest BCUT2D eigenvalue weighted by Crippen LogP contribution is -2.59. The van der Waals surface area contributed by atoms with Crippen LogP contribution >= 0.6 is 0 Å². The van der Waals surface area contributed by atoms with E-state index in [9.17, 15) is 19.5 Å². The number of likely N-dealkylation sites (tertiary alicyclic amines) is 1. The van der Waals surface area contributed by atoms with Crippen molar-refractivity contribution >= 4 is 23.4 Å². The molecule has 8 nitrogen and oxygen atoms in total. The highest BCUT2D eigenvalue weighted by Gasteiger charge is 2.75. The largest absolute Gasteiger partial charge is 0.394 e. The first-order valence-corrected chi connectivity index (χ1v) is 15.3. The van der Waals surface area contributed by atoms with Gasteiger partial charge >= 0.3 is 0 Å². The van der Waals surface area contributed by atoms with Crippen LogP contribution in [0.5, 0.6) is 0 Å². The van der Waals surface area contributed by atoms with Gasteiger partial charge in [-0.3, -0.25) is 14.4 Å². The first-order valence-electron chi connectivity index (χ1n) is 15.3. The average Bonchev–Trinajstić information content (AvgIpc) is 3.65. The van der Waals surface area contributed by atoms with E-state index in [4.69, 9.17) is 4.74 Å². The number of rotatable bonds is 12. The molecule has 43 heavy (non-hydrogen) atoms. The van der Waals surface area contributed by atoms with E-state index in [0.29, 0.717) is 32.4 Å². The number of aliphatic hydroxyl groups excluding tert-OH is 1. The lowest BCUT2D eigenvalue weighted by atomic mass is 9.70. The van der Waals surface area contributed by atoms with Crippen molar-refractivity contribution in [1.82, 2.24) is 9.80 Å². The summed E-state index contributed by atoms with van der Waals surface area (Å²) in [6, 6.07) is 14.1. The SMILES string of the molecule is C=CCN(Cc1ccccc1)C(=O)[C@@H]1[C@@H]2CCC3(O2)C(C(=O)N(CC=C)c2cc(C)ccc2C)N([C@@H](CC)CO)C(=O)[C@H]13. The third-order valence-electron chi connectivity index (χ3n) is 9.44. The Kier molecular flexibility index (Phi) is 8.90. The molecule has 0 aliphatic carbocycles. The Balaban J connectivity index is 1.57. The number of aryl methyl sites for hydroxylation is 2. The number of benzene rings is 2. The van der Waals surface area contributed by atoms with E-state index in [1.807, 2.05) is 69.3 Å². The molecule has 1 N–H and O–H groups in total. The Hall–Kier alpha value is -3.75.